The molecule has 23 heavy (non-hydrogen) atoms. The van der Waals surface area contributed by atoms with E-state index >= 15 is 0 Å². The van der Waals surface area contributed by atoms with E-state index in [0.29, 0.717) is 0 Å². The molecule has 0 amide bonds. The third-order valence-corrected chi connectivity index (χ3v) is 4.25. The minimum Gasteiger partial charge on any atom is -0.289 e. The van der Waals surface area contributed by atoms with E-state index in [0.717, 1.165) is 23.1 Å². The van der Waals surface area contributed by atoms with Gasteiger partial charge in [-0.3, -0.25) is 4.79 Å². The minimum atomic E-state index is 0.0651. The Morgan fingerprint density at radius 1 is 0.783 bits per heavy atom. The molecule has 3 aromatic carbocycles. The molecule has 0 aliphatic heterocycles. The number of rotatable bonds is 4. The SMILES string of the molecule is CCc1cc(-c2ccc(C(=O)c3ccccc3)cc2)ccc1C. The fourth-order valence-corrected chi connectivity index (χ4v) is 2.80. The summed E-state index contributed by atoms with van der Waals surface area (Å²) < 4.78 is 0. The van der Waals surface area contributed by atoms with Crippen LogP contribution in [-0.4, -0.2) is 5.78 Å². The summed E-state index contributed by atoms with van der Waals surface area (Å²) in [5.74, 6) is 0.0651. The van der Waals surface area contributed by atoms with Crippen LogP contribution in [-0.2, 0) is 6.42 Å². The second-order valence-corrected chi connectivity index (χ2v) is 5.77. The van der Waals surface area contributed by atoms with Gasteiger partial charge in [0.15, 0.2) is 5.78 Å². The van der Waals surface area contributed by atoms with Gasteiger partial charge in [-0.2, -0.15) is 0 Å². The van der Waals surface area contributed by atoms with Crippen LogP contribution in [0, 0.1) is 6.92 Å². The van der Waals surface area contributed by atoms with Gasteiger partial charge in [0.2, 0.25) is 0 Å². The topological polar surface area (TPSA) is 17.1 Å². The molecule has 114 valence electrons. The van der Waals surface area contributed by atoms with Crippen molar-refractivity contribution in [1.82, 2.24) is 0 Å². The molecule has 1 heteroatoms. The van der Waals surface area contributed by atoms with Gasteiger partial charge < -0.3 is 0 Å². The summed E-state index contributed by atoms with van der Waals surface area (Å²) in [4.78, 5) is 12.4. The van der Waals surface area contributed by atoms with Crippen LogP contribution in [0.2, 0.25) is 0 Å². The summed E-state index contributed by atoms with van der Waals surface area (Å²) in [6.07, 6.45) is 1.03. The highest BCUT2D eigenvalue weighted by Gasteiger charge is 2.09. The Morgan fingerprint density at radius 2 is 1.39 bits per heavy atom. The van der Waals surface area contributed by atoms with Crippen LogP contribution >= 0.6 is 0 Å². The highest BCUT2D eigenvalue weighted by atomic mass is 16.1. The zero-order valence-electron chi connectivity index (χ0n) is 13.5. The fraction of sp³-hybridized carbons (Fsp3) is 0.136. The van der Waals surface area contributed by atoms with Crippen molar-refractivity contribution in [2.24, 2.45) is 0 Å². The van der Waals surface area contributed by atoms with Crippen molar-refractivity contribution in [3.05, 3.63) is 95.1 Å². The number of carbonyl (C=O) groups is 1. The average molecular weight is 300 g/mol. The largest absolute Gasteiger partial charge is 0.289 e. The molecule has 0 aliphatic carbocycles. The van der Waals surface area contributed by atoms with E-state index in [-0.39, 0.29) is 5.78 Å². The van der Waals surface area contributed by atoms with Crippen LogP contribution in [0.25, 0.3) is 11.1 Å². The molecule has 0 fully saturated rings. The molecule has 0 aliphatic rings. The smallest absolute Gasteiger partial charge is 0.193 e. The lowest BCUT2D eigenvalue weighted by atomic mass is 9.96. The summed E-state index contributed by atoms with van der Waals surface area (Å²) in [6, 6.07) is 23.8. The lowest BCUT2D eigenvalue weighted by molar-refractivity contribution is 0.103. The Morgan fingerprint density at radius 3 is 2.04 bits per heavy atom. The zero-order chi connectivity index (χ0) is 16.2. The molecule has 0 heterocycles. The van der Waals surface area contributed by atoms with Gasteiger partial charge in [-0.1, -0.05) is 79.7 Å². The molecule has 3 aromatic rings. The maximum atomic E-state index is 12.4. The van der Waals surface area contributed by atoms with Gasteiger partial charge >= 0.3 is 0 Å². The van der Waals surface area contributed by atoms with Crippen LogP contribution < -0.4 is 0 Å². The van der Waals surface area contributed by atoms with Gasteiger partial charge in [0.05, 0.1) is 0 Å². The summed E-state index contributed by atoms with van der Waals surface area (Å²) in [5, 5.41) is 0. The normalized spacial score (nSPS) is 10.5. The van der Waals surface area contributed by atoms with E-state index in [2.05, 4.69) is 32.0 Å². The second-order valence-electron chi connectivity index (χ2n) is 5.77. The minimum absolute atomic E-state index is 0.0651. The molecular weight excluding hydrogens is 280 g/mol. The lowest BCUT2D eigenvalue weighted by Crippen LogP contribution is -2.00. The van der Waals surface area contributed by atoms with Gasteiger partial charge in [0.25, 0.3) is 0 Å². The molecule has 0 radical (unpaired) electrons. The monoisotopic (exact) mass is 300 g/mol. The molecule has 3 rings (SSSR count). The van der Waals surface area contributed by atoms with Crippen LogP contribution in [0.5, 0.6) is 0 Å². The van der Waals surface area contributed by atoms with Crippen molar-refractivity contribution >= 4 is 5.78 Å². The number of carbonyl (C=O) groups excluding carboxylic acids is 1. The van der Waals surface area contributed by atoms with E-state index in [9.17, 15) is 4.79 Å². The molecule has 0 bridgehead atoms. The number of aryl methyl sites for hydroxylation is 2. The van der Waals surface area contributed by atoms with E-state index in [1.54, 1.807) is 0 Å². The van der Waals surface area contributed by atoms with Gasteiger partial charge in [-0.25, -0.2) is 0 Å². The number of hydrogen-bond acceptors (Lipinski definition) is 1. The van der Waals surface area contributed by atoms with Crippen molar-refractivity contribution in [3.8, 4) is 11.1 Å². The predicted molar refractivity (Wildman–Crippen MR) is 95.9 cm³/mol. The number of benzene rings is 3. The molecule has 0 spiro atoms. The first-order valence-electron chi connectivity index (χ1n) is 7.98. The Bertz CT molecular complexity index is 814. The number of ketones is 1. The van der Waals surface area contributed by atoms with Gasteiger partial charge in [0, 0.05) is 11.1 Å². The van der Waals surface area contributed by atoms with E-state index < -0.39 is 0 Å². The molecule has 0 atom stereocenters. The lowest BCUT2D eigenvalue weighted by Gasteiger charge is -2.08. The highest BCUT2D eigenvalue weighted by molar-refractivity contribution is 6.09. The molecule has 1 nitrogen and oxygen atoms in total. The summed E-state index contributed by atoms with van der Waals surface area (Å²) in [7, 11) is 0. The molecule has 0 unspecified atom stereocenters. The Hall–Kier alpha value is -2.67. The van der Waals surface area contributed by atoms with Crippen LogP contribution in [0.1, 0.15) is 34.0 Å². The van der Waals surface area contributed by atoms with E-state index in [4.69, 9.17) is 0 Å². The van der Waals surface area contributed by atoms with Gasteiger partial charge in [-0.15, -0.1) is 0 Å². The van der Waals surface area contributed by atoms with Crippen molar-refractivity contribution in [2.75, 3.05) is 0 Å². The van der Waals surface area contributed by atoms with Gasteiger partial charge in [0.1, 0.15) is 0 Å². The second kappa shape index (κ2) is 6.62. The predicted octanol–water partition coefficient (Wildman–Crippen LogP) is 5.46. The molecular formula is C22H20O. The quantitative estimate of drug-likeness (QED) is 0.585. The Balaban J connectivity index is 1.89. The average Bonchev–Trinajstić information content (AvgIpc) is 2.62. The van der Waals surface area contributed by atoms with Crippen LogP contribution in [0.4, 0.5) is 0 Å². The van der Waals surface area contributed by atoms with E-state index in [1.807, 2.05) is 54.6 Å². The first-order valence-corrected chi connectivity index (χ1v) is 7.98. The fourth-order valence-electron chi connectivity index (χ4n) is 2.80. The van der Waals surface area contributed by atoms with Crippen LogP contribution in [0.15, 0.2) is 72.8 Å². The Kier molecular flexibility index (Phi) is 4.38. The Labute approximate surface area is 137 Å². The molecule has 0 saturated heterocycles. The third kappa shape index (κ3) is 3.24. The van der Waals surface area contributed by atoms with E-state index in [1.165, 1.54) is 16.7 Å². The summed E-state index contributed by atoms with van der Waals surface area (Å²) >= 11 is 0. The van der Waals surface area contributed by atoms with Crippen molar-refractivity contribution in [1.29, 1.82) is 0 Å². The standard InChI is InChI=1S/C22H20O/c1-3-17-15-21(10-9-16(17)2)18-11-13-20(14-12-18)22(23)19-7-5-4-6-8-19/h4-15H,3H2,1-2H3. The molecule has 0 N–H and O–H groups in total. The van der Waals surface area contributed by atoms with Gasteiger partial charge in [-0.05, 0) is 35.6 Å². The molecule has 0 aromatic heterocycles. The van der Waals surface area contributed by atoms with Crippen molar-refractivity contribution in [2.45, 2.75) is 20.3 Å². The zero-order valence-corrected chi connectivity index (χ0v) is 13.5. The summed E-state index contributed by atoms with van der Waals surface area (Å²) in [6.45, 7) is 4.32. The first kappa shape index (κ1) is 15.2. The maximum Gasteiger partial charge on any atom is 0.193 e. The van der Waals surface area contributed by atoms with Crippen molar-refractivity contribution in [3.63, 3.8) is 0 Å². The van der Waals surface area contributed by atoms with Crippen LogP contribution in [0.3, 0.4) is 0 Å². The first-order chi connectivity index (χ1) is 11.2. The highest BCUT2D eigenvalue weighted by Crippen LogP contribution is 2.24. The summed E-state index contributed by atoms with van der Waals surface area (Å²) in [5.41, 5.74) is 6.49. The third-order valence-electron chi connectivity index (χ3n) is 4.25. The number of hydrogen-bond donors (Lipinski definition) is 0. The molecule has 0 saturated carbocycles. The maximum absolute atomic E-state index is 12.4. The van der Waals surface area contributed by atoms with Crippen molar-refractivity contribution < 1.29 is 4.79 Å².